The van der Waals surface area contributed by atoms with Crippen molar-refractivity contribution in [3.05, 3.63) is 23.8 Å². The number of anilines is 1. The molecule has 0 aromatic heterocycles. The summed E-state index contributed by atoms with van der Waals surface area (Å²) in [4.78, 5) is 10.9. The lowest BCUT2D eigenvalue weighted by Gasteiger charge is -2.21. The minimum Gasteiger partial charge on any atom is -0.478 e. The first-order valence-corrected chi connectivity index (χ1v) is 9.24. The molecule has 6 nitrogen and oxygen atoms in total. The van der Waals surface area contributed by atoms with Gasteiger partial charge in [0, 0.05) is 12.2 Å². The summed E-state index contributed by atoms with van der Waals surface area (Å²) in [5.74, 6) is 1.07. The maximum Gasteiger partial charge on any atom is 0.337 e. The molecule has 0 saturated carbocycles. The van der Waals surface area contributed by atoms with Gasteiger partial charge in [-0.1, -0.05) is 0 Å². The molecular weight excluding hydrogens is 312 g/mol. The molecule has 0 bridgehead atoms. The van der Waals surface area contributed by atoms with Gasteiger partial charge >= 0.3 is 5.97 Å². The van der Waals surface area contributed by atoms with Crippen LogP contribution in [0.25, 0.3) is 0 Å². The van der Waals surface area contributed by atoms with Crippen LogP contribution in [0.1, 0.15) is 23.2 Å². The summed E-state index contributed by atoms with van der Waals surface area (Å²) in [5.41, 5.74) is 5.43. The monoisotopic (exact) mass is 330 g/mol. The number of rotatable bonds is 5. The number of benzene rings is 1. The molecule has 1 aromatic rings. The fourth-order valence-electron chi connectivity index (χ4n) is 2.20. The van der Waals surface area contributed by atoms with Gasteiger partial charge in [0.1, 0.15) is 0 Å². The summed E-state index contributed by atoms with van der Waals surface area (Å²) >= 11 is 1.87. The number of thioether (sulfide) groups is 1. The topological polar surface area (TPSA) is 109 Å². The van der Waals surface area contributed by atoms with Gasteiger partial charge in [0.2, 0.25) is 10.0 Å². The molecule has 1 aromatic carbocycles. The summed E-state index contributed by atoms with van der Waals surface area (Å²) in [5, 5.41) is 9.12. The maximum absolute atomic E-state index is 12.3. The summed E-state index contributed by atoms with van der Waals surface area (Å²) in [6.45, 7) is 0.340. The van der Waals surface area contributed by atoms with Crippen molar-refractivity contribution in [2.75, 3.05) is 23.8 Å². The number of nitrogens with two attached hydrogens (primary N) is 1. The van der Waals surface area contributed by atoms with Gasteiger partial charge in [0.05, 0.1) is 10.5 Å². The van der Waals surface area contributed by atoms with E-state index in [0.29, 0.717) is 12.5 Å². The van der Waals surface area contributed by atoms with Crippen LogP contribution in [0.4, 0.5) is 5.69 Å². The van der Waals surface area contributed by atoms with Gasteiger partial charge in [0.25, 0.3) is 0 Å². The van der Waals surface area contributed by atoms with Crippen LogP contribution in [0, 0.1) is 5.92 Å². The Morgan fingerprint density at radius 1 is 1.38 bits per heavy atom. The highest BCUT2D eigenvalue weighted by atomic mass is 32.2. The first-order chi connectivity index (χ1) is 9.90. The highest BCUT2D eigenvalue weighted by Crippen LogP contribution is 2.23. The number of carboxylic acid groups (broad SMARTS) is 1. The van der Waals surface area contributed by atoms with E-state index in [1.807, 2.05) is 11.8 Å². The van der Waals surface area contributed by atoms with E-state index in [-0.39, 0.29) is 16.1 Å². The lowest BCUT2D eigenvalue weighted by molar-refractivity contribution is 0.0692. The van der Waals surface area contributed by atoms with Gasteiger partial charge in [-0.3, -0.25) is 0 Å². The molecule has 1 aliphatic heterocycles. The lowest BCUT2D eigenvalue weighted by atomic mass is 10.0. The van der Waals surface area contributed by atoms with Crippen LogP contribution in [0.3, 0.4) is 0 Å². The molecule has 0 atom stereocenters. The third kappa shape index (κ3) is 4.12. The molecular formula is C13H18N2O4S2. The standard InChI is InChI=1S/C13H18N2O4S2/c14-10-1-2-12(11(7-10)13(16)17)21(18,19)15-8-9-3-5-20-6-4-9/h1-2,7,9,15H,3-6,8,14H2,(H,16,17). The van der Waals surface area contributed by atoms with Crippen molar-refractivity contribution in [2.45, 2.75) is 17.7 Å². The minimum absolute atomic E-state index is 0.218. The van der Waals surface area contributed by atoms with Gasteiger partial charge in [0.15, 0.2) is 0 Å². The molecule has 0 amide bonds. The van der Waals surface area contributed by atoms with Gasteiger partial charge in [-0.15, -0.1) is 0 Å². The quantitative estimate of drug-likeness (QED) is 0.704. The summed E-state index contributed by atoms with van der Waals surface area (Å²) in [7, 11) is -3.85. The fraction of sp³-hybridized carbons (Fsp3) is 0.462. The van der Waals surface area contributed by atoms with Crippen molar-refractivity contribution in [3.8, 4) is 0 Å². The molecule has 0 unspecified atom stereocenters. The number of nitrogens with one attached hydrogen (secondary N) is 1. The first-order valence-electron chi connectivity index (χ1n) is 6.60. The Labute approximate surface area is 128 Å². The SMILES string of the molecule is Nc1ccc(S(=O)(=O)NCC2CCSCC2)c(C(=O)O)c1. The minimum atomic E-state index is -3.85. The van der Waals surface area contributed by atoms with Gasteiger partial charge in [-0.05, 0) is 48.5 Å². The summed E-state index contributed by atoms with van der Waals surface area (Å²) < 4.78 is 27.1. The van der Waals surface area contributed by atoms with Crippen molar-refractivity contribution in [1.82, 2.24) is 4.72 Å². The molecule has 1 fully saturated rings. The van der Waals surface area contributed by atoms with Crippen LogP contribution in [-0.4, -0.2) is 37.5 Å². The third-order valence-electron chi connectivity index (χ3n) is 3.43. The molecule has 8 heteroatoms. The number of carboxylic acids is 1. The van der Waals surface area contributed by atoms with E-state index < -0.39 is 16.0 Å². The Balaban J connectivity index is 2.17. The molecule has 21 heavy (non-hydrogen) atoms. The van der Waals surface area contributed by atoms with Crippen molar-refractivity contribution in [3.63, 3.8) is 0 Å². The van der Waals surface area contributed by atoms with Crippen LogP contribution in [0.2, 0.25) is 0 Å². The molecule has 1 aliphatic rings. The van der Waals surface area contributed by atoms with E-state index >= 15 is 0 Å². The smallest absolute Gasteiger partial charge is 0.337 e. The normalized spacial score (nSPS) is 16.8. The Morgan fingerprint density at radius 2 is 2.05 bits per heavy atom. The Bertz CT molecular complexity index is 625. The second-order valence-electron chi connectivity index (χ2n) is 4.97. The molecule has 0 radical (unpaired) electrons. The van der Waals surface area contributed by atoms with Gasteiger partial charge in [-0.2, -0.15) is 11.8 Å². The van der Waals surface area contributed by atoms with Gasteiger partial charge in [-0.25, -0.2) is 17.9 Å². The Hall–Kier alpha value is -1.25. The second kappa shape index (κ2) is 6.67. The third-order valence-corrected chi connectivity index (χ3v) is 5.96. The Morgan fingerprint density at radius 3 is 2.67 bits per heavy atom. The van der Waals surface area contributed by atoms with Crippen LogP contribution in [0.5, 0.6) is 0 Å². The van der Waals surface area contributed by atoms with E-state index in [1.54, 1.807) is 0 Å². The largest absolute Gasteiger partial charge is 0.478 e. The molecule has 116 valence electrons. The fourth-order valence-corrected chi connectivity index (χ4v) is 4.70. The number of aromatic carboxylic acids is 1. The van der Waals surface area contributed by atoms with Crippen molar-refractivity contribution in [1.29, 1.82) is 0 Å². The number of hydrogen-bond donors (Lipinski definition) is 3. The number of nitrogen functional groups attached to an aromatic ring is 1. The average Bonchev–Trinajstić information content (AvgIpc) is 2.46. The van der Waals surface area contributed by atoms with Crippen LogP contribution < -0.4 is 10.5 Å². The zero-order valence-corrected chi connectivity index (χ0v) is 13.0. The Kier molecular flexibility index (Phi) is 5.13. The molecule has 1 saturated heterocycles. The molecule has 0 spiro atoms. The van der Waals surface area contributed by atoms with Crippen molar-refractivity contribution < 1.29 is 18.3 Å². The predicted molar refractivity (Wildman–Crippen MR) is 83.1 cm³/mol. The van der Waals surface area contributed by atoms with Crippen LogP contribution in [-0.2, 0) is 10.0 Å². The highest BCUT2D eigenvalue weighted by Gasteiger charge is 2.24. The van der Waals surface area contributed by atoms with Crippen molar-refractivity contribution >= 4 is 33.4 Å². The van der Waals surface area contributed by atoms with Gasteiger partial charge < -0.3 is 10.8 Å². The molecule has 0 aliphatic carbocycles. The first kappa shape index (κ1) is 16.1. The number of sulfonamides is 1. The van der Waals surface area contributed by atoms with E-state index in [9.17, 15) is 13.2 Å². The van der Waals surface area contributed by atoms with E-state index in [1.165, 1.54) is 12.1 Å². The van der Waals surface area contributed by atoms with E-state index in [4.69, 9.17) is 10.8 Å². The molecule has 2 rings (SSSR count). The maximum atomic E-state index is 12.3. The molecule has 4 N–H and O–H groups in total. The predicted octanol–water partition coefficient (Wildman–Crippen LogP) is 1.39. The zero-order chi connectivity index (χ0) is 15.5. The second-order valence-corrected chi connectivity index (χ2v) is 7.93. The summed E-state index contributed by atoms with van der Waals surface area (Å²) in [6, 6.07) is 3.78. The number of hydrogen-bond acceptors (Lipinski definition) is 5. The van der Waals surface area contributed by atoms with E-state index in [2.05, 4.69) is 4.72 Å². The van der Waals surface area contributed by atoms with E-state index in [0.717, 1.165) is 30.4 Å². The average molecular weight is 330 g/mol. The van der Waals surface area contributed by atoms with Crippen LogP contribution in [0.15, 0.2) is 23.1 Å². The highest BCUT2D eigenvalue weighted by molar-refractivity contribution is 7.99. The zero-order valence-electron chi connectivity index (χ0n) is 11.4. The van der Waals surface area contributed by atoms with Crippen molar-refractivity contribution in [2.24, 2.45) is 5.92 Å². The summed E-state index contributed by atoms with van der Waals surface area (Å²) in [6.07, 6.45) is 1.95. The number of carbonyl (C=O) groups is 1. The lowest BCUT2D eigenvalue weighted by Crippen LogP contribution is -2.32. The van der Waals surface area contributed by atoms with Crippen LogP contribution >= 0.6 is 11.8 Å². The molecule has 1 heterocycles.